The Balaban J connectivity index is 1.54. The lowest BCUT2D eigenvalue weighted by molar-refractivity contribution is -0.114. The van der Waals surface area contributed by atoms with Crippen LogP contribution in [-0.2, 0) is 4.79 Å². The Morgan fingerprint density at radius 3 is 2.34 bits per heavy atom. The number of benzene rings is 3. The van der Waals surface area contributed by atoms with Crippen LogP contribution in [0.2, 0.25) is 0 Å². The Morgan fingerprint density at radius 1 is 0.931 bits per heavy atom. The van der Waals surface area contributed by atoms with Crippen LogP contribution in [0.4, 0.5) is 17.1 Å². The van der Waals surface area contributed by atoms with E-state index in [-0.39, 0.29) is 11.8 Å². The van der Waals surface area contributed by atoms with Crippen LogP contribution in [-0.4, -0.2) is 16.8 Å². The SMILES string of the molecule is CC(=O)Nc1ccc(NC(=O)c2ccc3nc(-c4cccc(N)c4)sc3c2)cc1. The minimum absolute atomic E-state index is 0.141. The minimum Gasteiger partial charge on any atom is -0.399 e. The number of hydrogen-bond acceptors (Lipinski definition) is 5. The van der Waals surface area contributed by atoms with E-state index in [2.05, 4.69) is 15.6 Å². The van der Waals surface area contributed by atoms with Gasteiger partial charge in [0.1, 0.15) is 5.01 Å². The number of hydrogen-bond donors (Lipinski definition) is 3. The van der Waals surface area contributed by atoms with Gasteiger partial charge in [0.2, 0.25) is 5.91 Å². The van der Waals surface area contributed by atoms with Crippen LogP contribution in [0.3, 0.4) is 0 Å². The molecule has 4 rings (SSSR count). The van der Waals surface area contributed by atoms with Gasteiger partial charge in [-0.25, -0.2) is 4.98 Å². The highest BCUT2D eigenvalue weighted by atomic mass is 32.1. The number of aromatic nitrogens is 1. The number of anilines is 3. The van der Waals surface area contributed by atoms with E-state index >= 15 is 0 Å². The highest BCUT2D eigenvalue weighted by Gasteiger charge is 2.11. The maximum Gasteiger partial charge on any atom is 0.255 e. The molecule has 0 radical (unpaired) electrons. The zero-order valence-corrected chi connectivity index (χ0v) is 16.4. The van der Waals surface area contributed by atoms with Crippen molar-refractivity contribution in [3.05, 3.63) is 72.3 Å². The van der Waals surface area contributed by atoms with E-state index in [1.54, 1.807) is 30.3 Å². The Morgan fingerprint density at radius 2 is 1.66 bits per heavy atom. The first-order valence-corrected chi connectivity index (χ1v) is 9.75. The maximum atomic E-state index is 12.6. The average molecular weight is 402 g/mol. The predicted octanol–water partition coefficient (Wildman–Crippen LogP) is 4.76. The van der Waals surface area contributed by atoms with Gasteiger partial charge in [0.05, 0.1) is 10.2 Å². The third kappa shape index (κ3) is 4.25. The lowest BCUT2D eigenvalue weighted by Gasteiger charge is -2.07. The molecule has 4 N–H and O–H groups in total. The van der Waals surface area contributed by atoms with Crippen molar-refractivity contribution < 1.29 is 9.59 Å². The third-order valence-electron chi connectivity index (χ3n) is 4.25. The molecule has 0 atom stereocenters. The number of nitrogens with two attached hydrogens (primary N) is 1. The van der Waals surface area contributed by atoms with Gasteiger partial charge in [-0.2, -0.15) is 0 Å². The topological polar surface area (TPSA) is 97.1 Å². The monoisotopic (exact) mass is 402 g/mol. The second kappa shape index (κ2) is 7.73. The molecular weight excluding hydrogens is 384 g/mol. The predicted molar refractivity (Wildman–Crippen MR) is 118 cm³/mol. The fourth-order valence-electron chi connectivity index (χ4n) is 2.90. The number of nitrogen functional groups attached to an aromatic ring is 1. The number of fused-ring (bicyclic) bond motifs is 1. The molecular formula is C22H18N4O2S. The molecule has 0 spiro atoms. The van der Waals surface area contributed by atoms with Crippen LogP contribution in [0.25, 0.3) is 20.8 Å². The normalized spacial score (nSPS) is 10.7. The van der Waals surface area contributed by atoms with Gasteiger partial charge < -0.3 is 16.4 Å². The van der Waals surface area contributed by atoms with Crippen molar-refractivity contribution in [2.75, 3.05) is 16.4 Å². The molecule has 0 bridgehead atoms. The lowest BCUT2D eigenvalue weighted by atomic mass is 10.2. The second-order valence-electron chi connectivity index (χ2n) is 6.54. The summed E-state index contributed by atoms with van der Waals surface area (Å²) in [5.74, 6) is -0.352. The molecule has 29 heavy (non-hydrogen) atoms. The van der Waals surface area contributed by atoms with Crippen LogP contribution in [0.1, 0.15) is 17.3 Å². The minimum atomic E-state index is -0.210. The van der Waals surface area contributed by atoms with Crippen molar-refractivity contribution in [3.63, 3.8) is 0 Å². The second-order valence-corrected chi connectivity index (χ2v) is 7.57. The fraction of sp³-hybridized carbons (Fsp3) is 0.0455. The zero-order valence-electron chi connectivity index (χ0n) is 15.6. The highest BCUT2D eigenvalue weighted by molar-refractivity contribution is 7.21. The first-order valence-electron chi connectivity index (χ1n) is 8.93. The summed E-state index contributed by atoms with van der Waals surface area (Å²) in [5, 5.41) is 6.42. The van der Waals surface area contributed by atoms with Gasteiger partial charge in [0, 0.05) is 35.1 Å². The molecule has 0 fully saturated rings. The van der Waals surface area contributed by atoms with Crippen LogP contribution >= 0.6 is 11.3 Å². The van der Waals surface area contributed by atoms with Crippen LogP contribution < -0.4 is 16.4 Å². The molecule has 0 unspecified atom stereocenters. The average Bonchev–Trinajstić information content (AvgIpc) is 3.12. The number of thiazole rings is 1. The maximum absolute atomic E-state index is 12.6. The summed E-state index contributed by atoms with van der Waals surface area (Å²) in [7, 11) is 0. The molecule has 3 aromatic carbocycles. The van der Waals surface area contributed by atoms with Crippen molar-refractivity contribution in [3.8, 4) is 10.6 Å². The van der Waals surface area contributed by atoms with E-state index in [0.29, 0.717) is 22.6 Å². The summed E-state index contributed by atoms with van der Waals surface area (Å²) >= 11 is 1.52. The first kappa shape index (κ1) is 18.6. The van der Waals surface area contributed by atoms with Gasteiger partial charge in [-0.3, -0.25) is 9.59 Å². The van der Waals surface area contributed by atoms with Crippen molar-refractivity contribution in [2.24, 2.45) is 0 Å². The van der Waals surface area contributed by atoms with E-state index in [9.17, 15) is 9.59 Å². The van der Waals surface area contributed by atoms with Crippen LogP contribution in [0.15, 0.2) is 66.7 Å². The van der Waals surface area contributed by atoms with Gasteiger partial charge in [-0.05, 0) is 54.6 Å². The number of nitrogens with one attached hydrogen (secondary N) is 2. The van der Waals surface area contributed by atoms with Crippen LogP contribution in [0, 0.1) is 0 Å². The number of rotatable bonds is 4. The van der Waals surface area contributed by atoms with Gasteiger partial charge in [-0.1, -0.05) is 12.1 Å². The lowest BCUT2D eigenvalue weighted by Crippen LogP contribution is -2.12. The van der Waals surface area contributed by atoms with Gasteiger partial charge in [0.25, 0.3) is 5.91 Å². The van der Waals surface area contributed by atoms with E-state index in [4.69, 9.17) is 5.73 Å². The molecule has 2 amide bonds. The molecule has 0 aliphatic rings. The van der Waals surface area contributed by atoms with E-state index in [0.717, 1.165) is 20.8 Å². The molecule has 7 heteroatoms. The molecule has 1 heterocycles. The molecule has 6 nitrogen and oxygen atoms in total. The third-order valence-corrected chi connectivity index (χ3v) is 5.31. The standard InChI is InChI=1S/C22H18N4O2S/c1-13(27)24-17-6-8-18(9-7-17)25-21(28)14-5-10-19-20(12-14)29-22(26-19)15-3-2-4-16(23)11-15/h2-12H,23H2,1H3,(H,24,27)(H,25,28). The fourth-order valence-corrected chi connectivity index (χ4v) is 3.91. The van der Waals surface area contributed by atoms with Gasteiger partial charge in [-0.15, -0.1) is 11.3 Å². The summed E-state index contributed by atoms with van der Waals surface area (Å²) in [6.45, 7) is 1.45. The van der Waals surface area contributed by atoms with Crippen molar-refractivity contribution in [1.82, 2.24) is 4.98 Å². The first-order chi connectivity index (χ1) is 14.0. The molecule has 4 aromatic rings. The van der Waals surface area contributed by atoms with Crippen molar-refractivity contribution in [2.45, 2.75) is 6.92 Å². The number of carbonyl (C=O) groups excluding carboxylic acids is 2. The molecule has 0 aliphatic heterocycles. The summed E-state index contributed by atoms with van der Waals surface area (Å²) in [6, 6.07) is 20.0. The largest absolute Gasteiger partial charge is 0.399 e. The molecule has 1 aromatic heterocycles. The number of nitrogens with zero attached hydrogens (tertiary/aromatic N) is 1. The van der Waals surface area contributed by atoms with E-state index < -0.39 is 0 Å². The van der Waals surface area contributed by atoms with Gasteiger partial charge >= 0.3 is 0 Å². The van der Waals surface area contributed by atoms with E-state index in [1.807, 2.05) is 36.4 Å². The Bertz CT molecular complexity index is 1220. The Kier molecular flexibility index (Phi) is 4.97. The Hall–Kier alpha value is -3.71. The Labute approximate surface area is 171 Å². The summed E-state index contributed by atoms with van der Waals surface area (Å²) in [5.41, 5.74) is 10.2. The highest BCUT2D eigenvalue weighted by Crippen LogP contribution is 2.31. The number of amides is 2. The molecule has 0 saturated heterocycles. The van der Waals surface area contributed by atoms with Crippen molar-refractivity contribution in [1.29, 1.82) is 0 Å². The van der Waals surface area contributed by atoms with E-state index in [1.165, 1.54) is 18.3 Å². The quantitative estimate of drug-likeness (QED) is 0.429. The van der Waals surface area contributed by atoms with Crippen LogP contribution in [0.5, 0.6) is 0 Å². The smallest absolute Gasteiger partial charge is 0.255 e. The molecule has 144 valence electrons. The van der Waals surface area contributed by atoms with Gasteiger partial charge in [0.15, 0.2) is 0 Å². The molecule has 0 saturated carbocycles. The number of carbonyl (C=O) groups is 2. The molecule has 0 aliphatic carbocycles. The summed E-state index contributed by atoms with van der Waals surface area (Å²) < 4.78 is 0.927. The summed E-state index contributed by atoms with van der Waals surface area (Å²) in [6.07, 6.45) is 0. The zero-order chi connectivity index (χ0) is 20.4. The summed E-state index contributed by atoms with van der Waals surface area (Å²) in [4.78, 5) is 28.4. The van der Waals surface area contributed by atoms with Crippen molar-refractivity contribution >= 4 is 50.4 Å².